The summed E-state index contributed by atoms with van der Waals surface area (Å²) in [4.78, 5) is 0.468. The number of rotatable bonds is 5. The Bertz CT molecular complexity index is 570. The first-order valence-corrected chi connectivity index (χ1v) is 6.96. The van der Waals surface area contributed by atoms with E-state index in [1.54, 1.807) is 36.4 Å². The maximum Gasteiger partial charge on any atom is 0.288 e. The molecule has 0 radical (unpaired) electrons. The average molecular weight is 297 g/mol. The van der Waals surface area contributed by atoms with Crippen molar-refractivity contribution in [2.24, 2.45) is 0 Å². The highest BCUT2D eigenvalue weighted by molar-refractivity contribution is 7.99. The van der Waals surface area contributed by atoms with Gasteiger partial charge in [0, 0.05) is 17.0 Å². The molecule has 0 heterocycles. The lowest BCUT2D eigenvalue weighted by Gasteiger charge is -2.08. The summed E-state index contributed by atoms with van der Waals surface area (Å²) in [5.41, 5.74) is 2.13. The van der Waals surface area contributed by atoms with Crippen molar-refractivity contribution >= 4 is 11.8 Å². The first kappa shape index (κ1) is 14.9. The summed E-state index contributed by atoms with van der Waals surface area (Å²) in [6.07, 6.45) is 0. The van der Waals surface area contributed by atoms with Crippen molar-refractivity contribution in [3.05, 3.63) is 53.8 Å². The van der Waals surface area contributed by atoms with E-state index in [0.717, 1.165) is 5.56 Å². The second-order valence-corrected chi connectivity index (χ2v) is 5.31. The third kappa shape index (κ3) is 3.77. The Morgan fingerprint density at radius 1 is 1.10 bits per heavy atom. The normalized spacial score (nSPS) is 11.1. The summed E-state index contributed by atoms with van der Waals surface area (Å²) >= 11 is 0.481. The molecule has 2 rings (SSSR count). The molecule has 1 nitrogen and oxygen atoms in total. The molecular formula is C15H14F3NS. The fraction of sp³-hybridized carbons (Fsp3) is 0.200. The molecule has 106 valence electrons. The van der Waals surface area contributed by atoms with Crippen LogP contribution in [0.2, 0.25) is 0 Å². The average Bonchev–Trinajstić information content (AvgIpc) is 2.42. The van der Waals surface area contributed by atoms with Gasteiger partial charge in [-0.3, -0.25) is 0 Å². The largest absolute Gasteiger partial charge is 0.316 e. The SMILES string of the molecule is CNCc1ccc(F)c(-c2ccc(SC(F)F)cc2)c1. The third-order valence-electron chi connectivity index (χ3n) is 2.80. The van der Waals surface area contributed by atoms with Crippen molar-refractivity contribution in [2.75, 3.05) is 7.05 Å². The number of benzene rings is 2. The van der Waals surface area contributed by atoms with E-state index < -0.39 is 5.76 Å². The van der Waals surface area contributed by atoms with Gasteiger partial charge in [0.25, 0.3) is 5.76 Å². The standard InChI is InChI=1S/C15H14F3NS/c1-19-9-10-2-7-14(16)13(8-10)11-3-5-12(6-4-11)20-15(17)18/h2-8,15,19H,9H2,1H3. The van der Waals surface area contributed by atoms with Crippen LogP contribution in [0.5, 0.6) is 0 Å². The van der Waals surface area contributed by atoms with Gasteiger partial charge in [-0.15, -0.1) is 0 Å². The van der Waals surface area contributed by atoms with Crippen LogP contribution >= 0.6 is 11.8 Å². The van der Waals surface area contributed by atoms with E-state index in [-0.39, 0.29) is 5.82 Å². The number of thioether (sulfide) groups is 1. The van der Waals surface area contributed by atoms with Crippen LogP contribution in [0, 0.1) is 5.82 Å². The minimum absolute atomic E-state index is 0.320. The highest BCUT2D eigenvalue weighted by Gasteiger charge is 2.08. The van der Waals surface area contributed by atoms with Crippen LogP contribution in [0.1, 0.15) is 5.56 Å². The van der Waals surface area contributed by atoms with Gasteiger partial charge in [-0.1, -0.05) is 30.0 Å². The molecule has 0 saturated heterocycles. The fourth-order valence-electron chi connectivity index (χ4n) is 1.92. The van der Waals surface area contributed by atoms with Crippen LogP contribution in [0.3, 0.4) is 0 Å². The van der Waals surface area contributed by atoms with E-state index >= 15 is 0 Å². The van der Waals surface area contributed by atoms with E-state index in [4.69, 9.17) is 0 Å². The maximum atomic E-state index is 13.9. The number of hydrogen-bond acceptors (Lipinski definition) is 2. The summed E-state index contributed by atoms with van der Waals surface area (Å²) in [5.74, 6) is -2.77. The summed E-state index contributed by atoms with van der Waals surface area (Å²) in [6, 6.07) is 11.4. The molecule has 0 fully saturated rings. The molecule has 0 aliphatic rings. The van der Waals surface area contributed by atoms with Crippen LogP contribution in [0.4, 0.5) is 13.2 Å². The summed E-state index contributed by atoms with van der Waals surface area (Å²) in [6.45, 7) is 0.645. The highest BCUT2D eigenvalue weighted by Crippen LogP contribution is 2.29. The van der Waals surface area contributed by atoms with Crippen LogP contribution in [-0.2, 0) is 6.54 Å². The van der Waals surface area contributed by atoms with Gasteiger partial charge in [0.2, 0.25) is 0 Å². The molecule has 0 aliphatic carbocycles. The Morgan fingerprint density at radius 3 is 2.40 bits per heavy atom. The van der Waals surface area contributed by atoms with Crippen molar-refractivity contribution in [1.29, 1.82) is 0 Å². The molecule has 5 heteroatoms. The van der Waals surface area contributed by atoms with E-state index in [0.29, 0.717) is 34.3 Å². The smallest absolute Gasteiger partial charge is 0.288 e. The maximum absolute atomic E-state index is 13.9. The van der Waals surface area contributed by atoms with E-state index in [1.165, 1.54) is 6.07 Å². The van der Waals surface area contributed by atoms with Crippen LogP contribution in [-0.4, -0.2) is 12.8 Å². The van der Waals surface area contributed by atoms with Gasteiger partial charge in [-0.05, 0) is 42.4 Å². The summed E-state index contributed by atoms with van der Waals surface area (Å²) < 4.78 is 38.3. The first-order valence-electron chi connectivity index (χ1n) is 6.08. The molecule has 0 saturated carbocycles. The third-order valence-corrected chi connectivity index (χ3v) is 3.52. The Balaban J connectivity index is 2.28. The Kier molecular flexibility index (Phi) is 5.09. The first-order chi connectivity index (χ1) is 9.60. The minimum Gasteiger partial charge on any atom is -0.316 e. The lowest BCUT2D eigenvalue weighted by Crippen LogP contribution is -2.05. The van der Waals surface area contributed by atoms with Crippen molar-refractivity contribution in [3.8, 4) is 11.1 Å². The fourth-order valence-corrected chi connectivity index (χ4v) is 2.42. The number of alkyl halides is 2. The molecule has 0 atom stereocenters. The zero-order chi connectivity index (χ0) is 14.5. The molecule has 2 aromatic rings. The van der Waals surface area contributed by atoms with Gasteiger partial charge in [0.05, 0.1) is 0 Å². The molecule has 1 N–H and O–H groups in total. The molecule has 0 aliphatic heterocycles. The molecule has 20 heavy (non-hydrogen) atoms. The van der Waals surface area contributed by atoms with Crippen LogP contribution in [0.25, 0.3) is 11.1 Å². The zero-order valence-corrected chi connectivity index (χ0v) is 11.7. The molecule has 0 aromatic heterocycles. The number of hydrogen-bond donors (Lipinski definition) is 1. The molecular weight excluding hydrogens is 283 g/mol. The van der Waals surface area contributed by atoms with E-state index in [1.807, 2.05) is 7.05 Å². The lowest BCUT2D eigenvalue weighted by molar-refractivity contribution is 0.252. The van der Waals surface area contributed by atoms with Crippen molar-refractivity contribution < 1.29 is 13.2 Å². The van der Waals surface area contributed by atoms with Gasteiger partial charge in [0.15, 0.2) is 0 Å². The topological polar surface area (TPSA) is 12.0 Å². The number of nitrogens with one attached hydrogen (secondary N) is 1. The molecule has 0 spiro atoms. The molecule has 2 aromatic carbocycles. The van der Waals surface area contributed by atoms with Gasteiger partial charge in [0.1, 0.15) is 5.82 Å². The summed E-state index contributed by atoms with van der Waals surface area (Å²) in [7, 11) is 1.82. The highest BCUT2D eigenvalue weighted by atomic mass is 32.2. The van der Waals surface area contributed by atoms with Crippen LogP contribution in [0.15, 0.2) is 47.4 Å². The molecule has 0 unspecified atom stereocenters. The quantitative estimate of drug-likeness (QED) is 0.814. The van der Waals surface area contributed by atoms with Gasteiger partial charge >= 0.3 is 0 Å². The second-order valence-electron chi connectivity index (χ2n) is 4.25. The van der Waals surface area contributed by atoms with E-state index in [9.17, 15) is 13.2 Å². The predicted octanol–water partition coefficient (Wildman–Crippen LogP) is 4.53. The van der Waals surface area contributed by atoms with Gasteiger partial charge < -0.3 is 5.32 Å². The van der Waals surface area contributed by atoms with Gasteiger partial charge in [-0.25, -0.2) is 4.39 Å². The number of halogens is 3. The monoisotopic (exact) mass is 297 g/mol. The second kappa shape index (κ2) is 6.81. The zero-order valence-electron chi connectivity index (χ0n) is 10.9. The Hall–Kier alpha value is -1.46. The predicted molar refractivity (Wildman–Crippen MR) is 76.5 cm³/mol. The van der Waals surface area contributed by atoms with Gasteiger partial charge in [-0.2, -0.15) is 8.78 Å². The Labute approximate surface area is 120 Å². The lowest BCUT2D eigenvalue weighted by atomic mass is 10.0. The van der Waals surface area contributed by atoms with Crippen molar-refractivity contribution in [1.82, 2.24) is 5.32 Å². The van der Waals surface area contributed by atoms with Crippen molar-refractivity contribution in [2.45, 2.75) is 17.2 Å². The molecule has 0 amide bonds. The summed E-state index contributed by atoms with van der Waals surface area (Å²) in [5, 5.41) is 3.00. The van der Waals surface area contributed by atoms with E-state index in [2.05, 4.69) is 5.32 Å². The van der Waals surface area contributed by atoms with Crippen LogP contribution < -0.4 is 5.32 Å². The van der Waals surface area contributed by atoms with Crippen molar-refractivity contribution in [3.63, 3.8) is 0 Å². The Morgan fingerprint density at radius 2 is 1.80 bits per heavy atom. The minimum atomic E-state index is -2.45. The molecule has 0 bridgehead atoms.